The number of hydrogen-bond acceptors (Lipinski definition) is 2. The zero-order valence-electron chi connectivity index (χ0n) is 32.1. The summed E-state index contributed by atoms with van der Waals surface area (Å²) in [6.07, 6.45) is 0. The molecule has 0 saturated heterocycles. The quantitative estimate of drug-likeness (QED) is 0.123. The van der Waals surface area contributed by atoms with Crippen LogP contribution in [0.4, 0.5) is 0 Å². The van der Waals surface area contributed by atoms with Crippen LogP contribution in [0.5, 0.6) is 0 Å². The Kier molecular flexibility index (Phi) is 8.30. The van der Waals surface area contributed by atoms with Crippen LogP contribution in [-0.4, -0.2) is 23.0 Å². The number of amidine groups is 2. The van der Waals surface area contributed by atoms with E-state index in [1.165, 1.54) is 43.4 Å². The third-order valence-electron chi connectivity index (χ3n) is 11.4. The van der Waals surface area contributed by atoms with Crippen molar-refractivity contribution in [2.45, 2.75) is 6.54 Å². The van der Waals surface area contributed by atoms with E-state index in [-0.39, 0.29) is 0 Å². The maximum absolute atomic E-state index is 6.52. The van der Waals surface area contributed by atoms with Crippen molar-refractivity contribution < 1.29 is 4.42 Å². The molecule has 9 aromatic carbocycles. The Morgan fingerprint density at radius 2 is 1.08 bits per heavy atom. The molecule has 0 aliphatic carbocycles. The van der Waals surface area contributed by atoms with Gasteiger partial charge in [-0.25, -0.2) is 9.98 Å². The zero-order chi connectivity index (χ0) is 39.3. The first kappa shape index (κ1) is 34.4. The van der Waals surface area contributed by atoms with Gasteiger partial charge in [-0.1, -0.05) is 158 Å². The molecule has 2 heterocycles. The van der Waals surface area contributed by atoms with Gasteiger partial charge in [0.05, 0.1) is 17.6 Å². The van der Waals surface area contributed by atoms with E-state index in [2.05, 4.69) is 150 Å². The van der Waals surface area contributed by atoms with Gasteiger partial charge in [0.25, 0.3) is 0 Å². The van der Waals surface area contributed by atoms with Gasteiger partial charge >= 0.3 is 0 Å². The second kappa shape index (κ2) is 14.2. The van der Waals surface area contributed by atoms with Gasteiger partial charge in [-0.3, -0.25) is 4.99 Å². The lowest BCUT2D eigenvalue weighted by molar-refractivity contribution is 0.668. The Balaban J connectivity index is 0.974. The van der Waals surface area contributed by atoms with Crippen LogP contribution in [0.3, 0.4) is 0 Å². The van der Waals surface area contributed by atoms with Crippen LogP contribution in [0.25, 0.3) is 82.1 Å². The van der Waals surface area contributed by atoms with Crippen molar-refractivity contribution >= 4 is 83.7 Å². The molecule has 278 valence electrons. The highest BCUT2D eigenvalue weighted by Gasteiger charge is 2.18. The monoisotopic (exact) mass is 756 g/mol. The lowest BCUT2D eigenvalue weighted by Gasteiger charge is -2.09. The molecule has 11 rings (SSSR count). The van der Waals surface area contributed by atoms with Gasteiger partial charge in [0.2, 0.25) is 0 Å². The summed E-state index contributed by atoms with van der Waals surface area (Å²) in [5.74, 6) is 1.10. The summed E-state index contributed by atoms with van der Waals surface area (Å²) in [6.45, 7) is 4.27. The molecule has 0 fully saturated rings. The van der Waals surface area contributed by atoms with Crippen LogP contribution in [0, 0.1) is 0 Å². The minimum absolute atomic E-state index is 0.409. The fourth-order valence-corrected chi connectivity index (χ4v) is 8.55. The first-order chi connectivity index (χ1) is 29.2. The minimum atomic E-state index is 0.409. The van der Waals surface area contributed by atoms with Crippen molar-refractivity contribution in [1.29, 1.82) is 0 Å². The normalized spacial score (nSPS) is 12.4. The van der Waals surface area contributed by atoms with Crippen molar-refractivity contribution in [2.24, 2.45) is 15.0 Å². The number of nitrogens with zero attached hydrogens (tertiary/aromatic N) is 4. The molecule has 0 bridgehead atoms. The van der Waals surface area contributed by atoms with Crippen LogP contribution < -0.4 is 0 Å². The number of rotatable bonds is 6. The number of aliphatic imine (C=N–C) groups is 3. The highest BCUT2D eigenvalue weighted by molar-refractivity contribution is 6.28. The van der Waals surface area contributed by atoms with Gasteiger partial charge in [0.1, 0.15) is 11.2 Å². The van der Waals surface area contributed by atoms with E-state index in [0.717, 1.165) is 55.4 Å². The maximum atomic E-state index is 6.52. The molecule has 0 radical (unpaired) electrons. The first-order valence-corrected chi connectivity index (χ1v) is 19.8. The molecule has 59 heavy (non-hydrogen) atoms. The van der Waals surface area contributed by atoms with Crippen LogP contribution in [0.2, 0.25) is 0 Å². The van der Waals surface area contributed by atoms with E-state index in [9.17, 15) is 0 Å². The van der Waals surface area contributed by atoms with Gasteiger partial charge in [0.15, 0.2) is 11.7 Å². The molecular weight excluding hydrogens is 721 g/mol. The Bertz CT molecular complexity index is 3370. The van der Waals surface area contributed by atoms with E-state index in [0.29, 0.717) is 18.2 Å². The average Bonchev–Trinajstić information content (AvgIpc) is 3.85. The number of fused-ring (bicyclic) bond motifs is 10. The van der Waals surface area contributed by atoms with Gasteiger partial charge in [-0.15, -0.1) is 0 Å². The topological polar surface area (TPSA) is 55.1 Å². The predicted molar refractivity (Wildman–Crippen MR) is 248 cm³/mol. The number of aromatic nitrogens is 1. The highest BCUT2D eigenvalue weighted by atomic mass is 16.3. The molecule has 0 saturated carbocycles. The minimum Gasteiger partial charge on any atom is -0.456 e. The predicted octanol–water partition coefficient (Wildman–Crippen LogP) is 13.8. The molecule has 2 aromatic heterocycles. The molecule has 0 N–H and O–H groups in total. The number of furan rings is 1. The first-order valence-electron chi connectivity index (χ1n) is 19.8. The molecule has 11 aromatic rings. The fourth-order valence-electron chi connectivity index (χ4n) is 8.55. The number of benzene rings is 9. The van der Waals surface area contributed by atoms with E-state index in [1.807, 2.05) is 60.7 Å². The molecule has 5 heteroatoms. The standard InChI is InChI=1S/C54H36N4O/c1-55-53(41-23-21-37(22-24-41)36-12-4-2-5-13-36)57-54(40-16-6-3-7-17-40)56-34-35-20-28-45-46-33-42(27-31-49(46)59-50(45)32-35)58-47-29-25-38-14-8-10-18-43(38)51(47)52-44-19-11-9-15-39(44)26-30-48(52)58/h2-33H,1,34H2. The van der Waals surface area contributed by atoms with Crippen molar-refractivity contribution in [3.05, 3.63) is 211 Å². The SMILES string of the molecule is C=NC(=NC(=NCc1ccc2c(c1)oc1ccc(-n3c4ccc5ccccc5c4c4c5ccccc5ccc43)cc12)c1ccccc1)c1ccc(-c2ccccc2)cc1. The maximum Gasteiger partial charge on any atom is 0.161 e. The largest absolute Gasteiger partial charge is 0.456 e. The lowest BCUT2D eigenvalue weighted by Crippen LogP contribution is -2.05. The molecule has 0 unspecified atom stereocenters. The Labute approximate surface area is 340 Å². The molecule has 5 nitrogen and oxygen atoms in total. The van der Waals surface area contributed by atoms with Crippen LogP contribution in [0.1, 0.15) is 16.7 Å². The van der Waals surface area contributed by atoms with E-state index >= 15 is 0 Å². The average molecular weight is 757 g/mol. The summed E-state index contributed by atoms with van der Waals surface area (Å²) in [4.78, 5) is 14.4. The summed E-state index contributed by atoms with van der Waals surface area (Å²) >= 11 is 0. The van der Waals surface area contributed by atoms with Crippen molar-refractivity contribution in [3.8, 4) is 16.8 Å². The van der Waals surface area contributed by atoms with Crippen LogP contribution in [0.15, 0.2) is 214 Å². The molecule has 0 spiro atoms. The number of hydrogen-bond donors (Lipinski definition) is 0. The van der Waals surface area contributed by atoms with Crippen LogP contribution in [-0.2, 0) is 6.54 Å². The summed E-state index contributed by atoms with van der Waals surface area (Å²) in [6, 6.07) is 67.9. The molecule has 0 atom stereocenters. The second-order valence-electron chi connectivity index (χ2n) is 14.9. The van der Waals surface area contributed by atoms with E-state index in [1.54, 1.807) is 0 Å². The smallest absolute Gasteiger partial charge is 0.161 e. The van der Waals surface area contributed by atoms with Crippen molar-refractivity contribution in [3.63, 3.8) is 0 Å². The summed E-state index contributed by atoms with van der Waals surface area (Å²) in [5, 5.41) is 9.65. The third kappa shape index (κ3) is 5.99. The zero-order valence-corrected chi connectivity index (χ0v) is 32.1. The summed E-state index contributed by atoms with van der Waals surface area (Å²) in [7, 11) is 0. The summed E-state index contributed by atoms with van der Waals surface area (Å²) < 4.78 is 8.92. The molecule has 0 amide bonds. The van der Waals surface area contributed by atoms with Crippen molar-refractivity contribution in [2.75, 3.05) is 0 Å². The Hall–Kier alpha value is -7.89. The summed E-state index contributed by atoms with van der Waals surface area (Å²) in [5.41, 5.74) is 10.2. The van der Waals surface area contributed by atoms with Crippen LogP contribution >= 0.6 is 0 Å². The molecular formula is C54H36N4O. The Morgan fingerprint density at radius 3 is 1.76 bits per heavy atom. The highest BCUT2D eigenvalue weighted by Crippen LogP contribution is 2.41. The van der Waals surface area contributed by atoms with Gasteiger partial charge in [0, 0.05) is 38.4 Å². The second-order valence-corrected chi connectivity index (χ2v) is 14.9. The van der Waals surface area contributed by atoms with Gasteiger partial charge < -0.3 is 8.98 Å². The van der Waals surface area contributed by atoms with Gasteiger partial charge in [-0.05, 0) is 81.4 Å². The van der Waals surface area contributed by atoms with Gasteiger partial charge in [-0.2, -0.15) is 0 Å². The molecule has 0 aliphatic rings. The lowest BCUT2D eigenvalue weighted by atomic mass is 10.00. The third-order valence-corrected chi connectivity index (χ3v) is 11.4. The van der Waals surface area contributed by atoms with Crippen molar-refractivity contribution in [1.82, 2.24) is 4.57 Å². The van der Waals surface area contributed by atoms with E-state index < -0.39 is 0 Å². The molecule has 0 aliphatic heterocycles. The van der Waals surface area contributed by atoms with E-state index in [4.69, 9.17) is 14.4 Å². The fraction of sp³-hybridized carbons (Fsp3) is 0.0185. The Morgan fingerprint density at radius 1 is 0.475 bits per heavy atom.